The Morgan fingerprint density at radius 1 is 1.50 bits per heavy atom. The number of rotatable bonds is 6. The van der Waals surface area contributed by atoms with Crippen molar-refractivity contribution < 1.29 is 0 Å². The number of nitrogens with zero attached hydrogens (tertiary/aromatic N) is 2. The van der Waals surface area contributed by atoms with Crippen LogP contribution >= 0.6 is 11.3 Å². The zero-order valence-corrected chi connectivity index (χ0v) is 11.9. The van der Waals surface area contributed by atoms with Crippen LogP contribution in [0.4, 0.5) is 0 Å². The van der Waals surface area contributed by atoms with E-state index in [1.807, 2.05) is 30.0 Å². The van der Waals surface area contributed by atoms with E-state index in [2.05, 4.69) is 28.7 Å². The van der Waals surface area contributed by atoms with Gasteiger partial charge in [0, 0.05) is 30.1 Å². The highest BCUT2D eigenvalue weighted by Gasteiger charge is 2.08. The highest BCUT2D eigenvalue weighted by molar-refractivity contribution is 7.09. The summed E-state index contributed by atoms with van der Waals surface area (Å²) in [7, 11) is 1.99. The predicted octanol–water partition coefficient (Wildman–Crippen LogP) is 2.68. The molecule has 0 amide bonds. The monoisotopic (exact) mass is 263 g/mol. The number of thiophene rings is 1. The minimum atomic E-state index is 0.236. The second-order valence-electron chi connectivity index (χ2n) is 4.84. The van der Waals surface area contributed by atoms with Crippen LogP contribution in [-0.2, 0) is 19.9 Å². The van der Waals surface area contributed by atoms with Crippen molar-refractivity contribution in [2.24, 2.45) is 12.8 Å². The summed E-state index contributed by atoms with van der Waals surface area (Å²) in [5.41, 5.74) is 8.49. The summed E-state index contributed by atoms with van der Waals surface area (Å²) in [6.45, 7) is 2.02. The maximum atomic E-state index is 6.19. The van der Waals surface area contributed by atoms with Gasteiger partial charge in [-0.3, -0.25) is 4.68 Å². The third kappa shape index (κ3) is 3.68. The molecule has 0 saturated heterocycles. The molecule has 2 heterocycles. The smallest absolute Gasteiger partial charge is 0.0596 e. The fraction of sp³-hybridized carbons (Fsp3) is 0.500. The van der Waals surface area contributed by atoms with E-state index in [-0.39, 0.29) is 6.04 Å². The van der Waals surface area contributed by atoms with Crippen LogP contribution in [0.15, 0.2) is 23.6 Å². The van der Waals surface area contributed by atoms with E-state index in [1.165, 1.54) is 17.0 Å². The first-order valence-corrected chi connectivity index (χ1v) is 7.30. The Morgan fingerprint density at radius 2 is 2.33 bits per heavy atom. The highest BCUT2D eigenvalue weighted by atomic mass is 32.1. The van der Waals surface area contributed by atoms with Crippen LogP contribution in [0.1, 0.15) is 29.1 Å². The predicted molar refractivity (Wildman–Crippen MR) is 76.9 cm³/mol. The van der Waals surface area contributed by atoms with Gasteiger partial charge in [0.15, 0.2) is 0 Å². The molecule has 0 bridgehead atoms. The molecule has 2 N–H and O–H groups in total. The van der Waals surface area contributed by atoms with E-state index in [0.717, 1.165) is 25.0 Å². The van der Waals surface area contributed by atoms with E-state index >= 15 is 0 Å². The van der Waals surface area contributed by atoms with Crippen LogP contribution in [0, 0.1) is 6.92 Å². The standard InChI is InChI=1S/C14H21N3S/c1-11-9-13(17(2)16-11)10-12(15)5-3-6-14-7-4-8-18-14/h4,7-9,12H,3,5-6,10,15H2,1-2H3. The first kappa shape index (κ1) is 13.3. The van der Waals surface area contributed by atoms with Gasteiger partial charge in [0.05, 0.1) is 5.69 Å². The second kappa shape index (κ2) is 6.16. The summed E-state index contributed by atoms with van der Waals surface area (Å²) < 4.78 is 1.94. The van der Waals surface area contributed by atoms with Gasteiger partial charge < -0.3 is 5.73 Å². The lowest BCUT2D eigenvalue weighted by Crippen LogP contribution is -2.24. The van der Waals surface area contributed by atoms with Crippen molar-refractivity contribution in [1.29, 1.82) is 0 Å². The molecule has 1 unspecified atom stereocenters. The Labute approximate surface area is 113 Å². The van der Waals surface area contributed by atoms with Crippen molar-refractivity contribution in [3.05, 3.63) is 39.8 Å². The minimum Gasteiger partial charge on any atom is -0.327 e. The van der Waals surface area contributed by atoms with E-state index < -0.39 is 0 Å². The number of nitrogens with two attached hydrogens (primary N) is 1. The van der Waals surface area contributed by atoms with Crippen LogP contribution in [0.3, 0.4) is 0 Å². The molecule has 98 valence electrons. The third-order valence-electron chi connectivity index (χ3n) is 3.15. The molecule has 0 saturated carbocycles. The molecule has 18 heavy (non-hydrogen) atoms. The van der Waals surface area contributed by atoms with Gasteiger partial charge in [0.1, 0.15) is 0 Å². The van der Waals surface area contributed by atoms with Crippen molar-refractivity contribution in [3.63, 3.8) is 0 Å². The molecule has 0 aliphatic rings. The lowest BCUT2D eigenvalue weighted by atomic mass is 10.0. The van der Waals surface area contributed by atoms with Gasteiger partial charge in [-0.25, -0.2) is 0 Å². The lowest BCUT2D eigenvalue weighted by molar-refractivity contribution is 0.557. The molecule has 2 aromatic heterocycles. The van der Waals surface area contributed by atoms with Gasteiger partial charge in [0.2, 0.25) is 0 Å². The molecular formula is C14H21N3S. The third-order valence-corrected chi connectivity index (χ3v) is 4.08. The SMILES string of the molecule is Cc1cc(CC(N)CCCc2cccs2)n(C)n1. The molecule has 2 rings (SSSR count). The maximum Gasteiger partial charge on any atom is 0.0596 e. The summed E-state index contributed by atoms with van der Waals surface area (Å²) in [5.74, 6) is 0. The Morgan fingerprint density at radius 3 is 2.94 bits per heavy atom. The molecule has 2 aromatic rings. The largest absolute Gasteiger partial charge is 0.327 e. The second-order valence-corrected chi connectivity index (χ2v) is 5.87. The number of hydrogen-bond acceptors (Lipinski definition) is 3. The van der Waals surface area contributed by atoms with Crippen LogP contribution in [0.2, 0.25) is 0 Å². The van der Waals surface area contributed by atoms with Gasteiger partial charge in [-0.05, 0) is 43.7 Å². The normalized spacial score (nSPS) is 12.8. The van der Waals surface area contributed by atoms with Crippen molar-refractivity contribution in [2.75, 3.05) is 0 Å². The van der Waals surface area contributed by atoms with Gasteiger partial charge >= 0.3 is 0 Å². The van der Waals surface area contributed by atoms with Crippen molar-refractivity contribution in [1.82, 2.24) is 9.78 Å². The molecule has 0 aromatic carbocycles. The van der Waals surface area contributed by atoms with Crippen molar-refractivity contribution in [2.45, 2.75) is 38.6 Å². The molecule has 0 fully saturated rings. The molecular weight excluding hydrogens is 242 g/mol. The number of aromatic nitrogens is 2. The van der Waals surface area contributed by atoms with Crippen LogP contribution in [0.25, 0.3) is 0 Å². The van der Waals surface area contributed by atoms with E-state index in [4.69, 9.17) is 5.73 Å². The van der Waals surface area contributed by atoms with E-state index in [0.29, 0.717) is 0 Å². The quantitative estimate of drug-likeness (QED) is 0.871. The molecule has 1 atom stereocenters. The Hall–Kier alpha value is -1.13. The fourth-order valence-corrected chi connectivity index (χ4v) is 2.97. The Bertz CT molecular complexity index is 473. The topological polar surface area (TPSA) is 43.8 Å². The zero-order valence-electron chi connectivity index (χ0n) is 11.1. The van der Waals surface area contributed by atoms with Gasteiger partial charge in [-0.15, -0.1) is 11.3 Å². The molecule has 0 aliphatic heterocycles. The van der Waals surface area contributed by atoms with E-state index in [9.17, 15) is 0 Å². The molecule has 3 nitrogen and oxygen atoms in total. The summed E-state index contributed by atoms with van der Waals surface area (Å²) in [4.78, 5) is 1.46. The van der Waals surface area contributed by atoms with Gasteiger partial charge in [0.25, 0.3) is 0 Å². The van der Waals surface area contributed by atoms with Crippen LogP contribution < -0.4 is 5.73 Å². The average Bonchev–Trinajstić information content (AvgIpc) is 2.90. The first-order chi connectivity index (χ1) is 8.65. The molecule has 0 spiro atoms. The Balaban J connectivity index is 1.75. The highest BCUT2D eigenvalue weighted by Crippen LogP contribution is 2.14. The van der Waals surface area contributed by atoms with Gasteiger partial charge in [-0.1, -0.05) is 6.07 Å². The molecule has 0 radical (unpaired) electrons. The molecule has 0 aliphatic carbocycles. The van der Waals surface area contributed by atoms with Crippen LogP contribution in [0.5, 0.6) is 0 Å². The molecule has 4 heteroatoms. The zero-order chi connectivity index (χ0) is 13.0. The van der Waals surface area contributed by atoms with Crippen LogP contribution in [-0.4, -0.2) is 15.8 Å². The first-order valence-electron chi connectivity index (χ1n) is 6.42. The summed E-state index contributed by atoms with van der Waals surface area (Å²) in [6, 6.07) is 6.66. The maximum absolute atomic E-state index is 6.19. The number of aryl methyl sites for hydroxylation is 3. The Kier molecular flexibility index (Phi) is 4.55. The summed E-state index contributed by atoms with van der Waals surface area (Å²) in [5, 5.41) is 6.48. The summed E-state index contributed by atoms with van der Waals surface area (Å²) in [6.07, 6.45) is 4.30. The van der Waals surface area contributed by atoms with Gasteiger partial charge in [-0.2, -0.15) is 5.10 Å². The fourth-order valence-electron chi connectivity index (χ4n) is 2.22. The van der Waals surface area contributed by atoms with Crippen molar-refractivity contribution >= 4 is 11.3 Å². The minimum absolute atomic E-state index is 0.236. The number of hydrogen-bond donors (Lipinski definition) is 1. The average molecular weight is 263 g/mol. The van der Waals surface area contributed by atoms with Crippen molar-refractivity contribution in [3.8, 4) is 0 Å². The van der Waals surface area contributed by atoms with E-state index in [1.54, 1.807) is 0 Å². The summed E-state index contributed by atoms with van der Waals surface area (Å²) >= 11 is 1.83. The lowest BCUT2D eigenvalue weighted by Gasteiger charge is -2.11.